The lowest BCUT2D eigenvalue weighted by atomic mass is 10.2. The molecule has 0 amide bonds. The van der Waals surface area contributed by atoms with Crippen molar-refractivity contribution in [3.8, 4) is 5.75 Å². The number of H-pyrrole nitrogens is 1. The van der Waals surface area contributed by atoms with Gasteiger partial charge in [0.15, 0.2) is 10.0 Å². The van der Waals surface area contributed by atoms with E-state index in [9.17, 15) is 29.2 Å². The number of aliphatic hydroxyl groups is 2. The number of rotatable bonds is 11. The fourth-order valence-electron chi connectivity index (χ4n) is 3.26. The van der Waals surface area contributed by atoms with Gasteiger partial charge in [0.25, 0.3) is 5.56 Å². The van der Waals surface area contributed by atoms with Gasteiger partial charge in [-0.1, -0.05) is 45.7 Å². The van der Waals surface area contributed by atoms with Crippen molar-refractivity contribution in [3.05, 3.63) is 63.4 Å². The zero-order valence-electron chi connectivity index (χ0n) is 20.6. The summed E-state index contributed by atoms with van der Waals surface area (Å²) in [4.78, 5) is 38.1. The monoisotopic (exact) mass is 639 g/mol. The van der Waals surface area contributed by atoms with E-state index in [1.54, 1.807) is 18.2 Å². The molecule has 1 fully saturated rings. The predicted molar refractivity (Wildman–Crippen MR) is 139 cm³/mol. The van der Waals surface area contributed by atoms with Crippen molar-refractivity contribution in [2.75, 3.05) is 13.2 Å². The molecule has 1 aromatic heterocycles. The number of para-hydroxylation sites is 1. The molecule has 0 saturated carbocycles. The number of nitrogens with zero attached hydrogens (tertiary/aromatic N) is 1. The van der Waals surface area contributed by atoms with Gasteiger partial charge in [-0.25, -0.2) is 9.36 Å². The first-order valence-electron chi connectivity index (χ1n) is 11.3. The Hall–Kier alpha value is -2.03. The third-order valence-electron chi connectivity index (χ3n) is 5.13. The van der Waals surface area contributed by atoms with Crippen molar-refractivity contribution in [1.29, 1.82) is 0 Å². The molecule has 1 aliphatic rings. The molecule has 1 aliphatic heterocycles. The number of aromatic nitrogens is 2. The van der Waals surface area contributed by atoms with Crippen molar-refractivity contribution in [2.45, 2.75) is 54.6 Å². The highest BCUT2D eigenvalue weighted by molar-refractivity contribution is 9.10. The van der Waals surface area contributed by atoms with Crippen LogP contribution >= 0.6 is 35.3 Å². The van der Waals surface area contributed by atoms with Gasteiger partial charge in [0.05, 0.1) is 12.2 Å². The van der Waals surface area contributed by atoms with Crippen molar-refractivity contribution in [3.63, 3.8) is 0 Å². The first-order valence-corrected chi connectivity index (χ1v) is 14.0. The Morgan fingerprint density at radius 3 is 2.61 bits per heavy atom. The molecule has 3 rings (SSSR count). The number of carbonyl (C=O) groups excluding carboxylic acids is 1. The fourth-order valence-corrected chi connectivity index (χ4v) is 5.68. The Morgan fingerprint density at radius 1 is 1.34 bits per heavy atom. The van der Waals surface area contributed by atoms with Crippen LogP contribution in [0.4, 0.5) is 0 Å². The maximum Gasteiger partial charge on any atom is 0.459 e. The van der Waals surface area contributed by atoms with E-state index in [2.05, 4.69) is 26.0 Å². The summed E-state index contributed by atoms with van der Waals surface area (Å²) >= 11 is 9.60. The van der Waals surface area contributed by atoms with Crippen LogP contribution in [0.3, 0.4) is 0 Å². The molecule has 210 valence electrons. The summed E-state index contributed by atoms with van der Waals surface area (Å²) in [5.74, 6) is -0.680. The van der Waals surface area contributed by atoms with Gasteiger partial charge in [0.2, 0.25) is 0 Å². The van der Waals surface area contributed by atoms with Gasteiger partial charge < -0.3 is 24.2 Å². The molecule has 4 N–H and O–H groups in total. The van der Waals surface area contributed by atoms with E-state index in [-0.39, 0.29) is 12.4 Å². The summed E-state index contributed by atoms with van der Waals surface area (Å²) in [5, 5.41) is 23.0. The molecule has 1 saturated heterocycles. The fraction of sp³-hybridized carbons (Fsp3) is 0.500. The molecular weight excluding hydrogens is 613 g/mol. The Labute approximate surface area is 230 Å². The second-order valence-electron chi connectivity index (χ2n) is 9.13. The zero-order valence-corrected chi connectivity index (χ0v) is 23.8. The van der Waals surface area contributed by atoms with E-state index < -0.39 is 65.4 Å². The molecule has 6 atom stereocenters. The topological polar surface area (TPSA) is 178 Å². The lowest BCUT2D eigenvalue weighted by molar-refractivity contribution is -0.151. The molecule has 0 aliphatic carbocycles. The molecule has 38 heavy (non-hydrogen) atoms. The van der Waals surface area contributed by atoms with Gasteiger partial charge in [-0.3, -0.25) is 23.7 Å². The lowest BCUT2D eigenvalue weighted by Crippen LogP contribution is -2.41. The van der Waals surface area contributed by atoms with Crippen molar-refractivity contribution >= 4 is 41.2 Å². The van der Waals surface area contributed by atoms with Crippen molar-refractivity contribution < 1.29 is 38.1 Å². The summed E-state index contributed by atoms with van der Waals surface area (Å²) in [6.45, 7) is 3.40. The second-order valence-corrected chi connectivity index (χ2v) is 13.2. The molecular formula is C22H28BrClN3O10P. The normalized spacial score (nSPS) is 25.9. The molecule has 0 bridgehead atoms. The van der Waals surface area contributed by atoms with Crippen molar-refractivity contribution in [1.82, 2.24) is 14.6 Å². The SMILES string of the molecule is C[C@H](NP(=O)(OC[C@H]1O[C@@H](n2ccc(=O)[nH]c2=O)[C@](Cl)(Br)[C@@H]1O)Oc1ccccc1)C(=O)OCC(C)(C)O. The Morgan fingerprint density at radius 2 is 2.00 bits per heavy atom. The van der Waals surface area contributed by atoms with Gasteiger partial charge in [-0.2, -0.15) is 5.09 Å². The van der Waals surface area contributed by atoms with Gasteiger partial charge >= 0.3 is 19.4 Å². The molecule has 0 radical (unpaired) electrons. The molecule has 16 heteroatoms. The number of halogens is 2. The number of aromatic amines is 1. The van der Waals surface area contributed by atoms with E-state index in [1.165, 1.54) is 32.9 Å². The van der Waals surface area contributed by atoms with Gasteiger partial charge in [0.1, 0.15) is 30.6 Å². The van der Waals surface area contributed by atoms with Crippen LogP contribution in [0.1, 0.15) is 27.0 Å². The summed E-state index contributed by atoms with van der Waals surface area (Å²) in [6.07, 6.45) is -2.88. The number of nitrogens with one attached hydrogen (secondary N) is 2. The molecule has 2 aromatic rings. The predicted octanol–water partition coefficient (Wildman–Crippen LogP) is 1.62. The van der Waals surface area contributed by atoms with E-state index in [0.29, 0.717) is 0 Å². The Bertz CT molecular complexity index is 1280. The number of ether oxygens (including phenoxy) is 2. The Balaban J connectivity index is 1.78. The van der Waals surface area contributed by atoms with Gasteiger partial charge in [-0.05, 0) is 32.9 Å². The van der Waals surface area contributed by atoms with Crippen LogP contribution < -0.4 is 20.9 Å². The summed E-state index contributed by atoms with van der Waals surface area (Å²) in [5.41, 5.74) is -2.75. The summed E-state index contributed by atoms with van der Waals surface area (Å²) in [7, 11) is -4.32. The van der Waals surface area contributed by atoms with Gasteiger partial charge in [-0.15, -0.1) is 0 Å². The van der Waals surface area contributed by atoms with E-state index in [1.807, 2.05) is 0 Å². The van der Waals surface area contributed by atoms with Crippen LogP contribution in [0, 0.1) is 0 Å². The number of carbonyl (C=O) groups is 1. The average molecular weight is 641 g/mol. The molecule has 13 nitrogen and oxygen atoms in total. The van der Waals surface area contributed by atoms with Crippen LogP contribution in [0.25, 0.3) is 0 Å². The van der Waals surface area contributed by atoms with Crippen LogP contribution in [0.2, 0.25) is 0 Å². The van der Waals surface area contributed by atoms with E-state index in [0.717, 1.165) is 16.8 Å². The number of esters is 1. The third kappa shape index (κ3) is 7.76. The quantitative estimate of drug-likeness (QED) is 0.159. The second kappa shape index (κ2) is 12.0. The van der Waals surface area contributed by atoms with Crippen LogP contribution in [0.15, 0.2) is 52.2 Å². The third-order valence-corrected chi connectivity index (χ3v) is 8.05. The smallest absolute Gasteiger partial charge is 0.459 e. The maximum atomic E-state index is 13.7. The zero-order chi connectivity index (χ0) is 28.3. The minimum atomic E-state index is -4.32. The average Bonchev–Trinajstić information content (AvgIpc) is 3.04. The minimum absolute atomic E-state index is 0.151. The van der Waals surface area contributed by atoms with Crippen LogP contribution in [-0.2, 0) is 23.4 Å². The summed E-state index contributed by atoms with van der Waals surface area (Å²) in [6, 6.07) is 7.86. The number of hydrogen-bond acceptors (Lipinski definition) is 10. The first-order chi connectivity index (χ1) is 17.6. The standard InChI is InChI=1S/C22H28BrClN3O10P/c1-13(18(30)34-12-21(2,3)32)26-38(33,37-14-7-5-4-6-8-14)35-11-15-17(29)22(23,24)19(36-15)27-10-9-16(28)25-20(27)31/h4-10,13,15,17,19,29,32H,11-12H2,1-3H3,(H,26,33)(H,25,28,31)/t13-,15+,17+,19+,22-,38?/m0/s1. The maximum absolute atomic E-state index is 13.7. The highest BCUT2D eigenvalue weighted by Gasteiger charge is 2.55. The minimum Gasteiger partial charge on any atom is -0.461 e. The van der Waals surface area contributed by atoms with Crippen LogP contribution in [-0.4, -0.2) is 66.6 Å². The number of benzene rings is 1. The number of hydrogen-bond donors (Lipinski definition) is 4. The molecule has 1 aromatic carbocycles. The molecule has 2 heterocycles. The highest BCUT2D eigenvalue weighted by atomic mass is 79.9. The Kier molecular flexibility index (Phi) is 9.64. The highest BCUT2D eigenvalue weighted by Crippen LogP contribution is 2.50. The first kappa shape index (κ1) is 30.5. The number of aliphatic hydroxyl groups excluding tert-OH is 1. The number of alkyl halides is 2. The summed E-state index contributed by atoms with van der Waals surface area (Å²) < 4.78 is 34.8. The largest absolute Gasteiger partial charge is 0.461 e. The molecule has 1 unspecified atom stereocenters. The lowest BCUT2D eigenvalue weighted by Gasteiger charge is -2.25. The van der Waals surface area contributed by atoms with Gasteiger partial charge in [0, 0.05) is 12.3 Å². The van der Waals surface area contributed by atoms with E-state index in [4.69, 9.17) is 30.1 Å². The molecule has 0 spiro atoms. The van der Waals surface area contributed by atoms with Crippen molar-refractivity contribution in [2.24, 2.45) is 0 Å². The van der Waals surface area contributed by atoms with E-state index >= 15 is 0 Å². The van der Waals surface area contributed by atoms with Crippen LogP contribution in [0.5, 0.6) is 5.75 Å².